The second-order valence-corrected chi connectivity index (χ2v) is 8.63. The highest BCUT2D eigenvalue weighted by Crippen LogP contribution is 2.36. The number of halogens is 1. The van der Waals surface area contributed by atoms with E-state index in [1.807, 2.05) is 0 Å². The van der Waals surface area contributed by atoms with Crippen LogP contribution in [-0.2, 0) is 4.74 Å². The van der Waals surface area contributed by atoms with Crippen molar-refractivity contribution in [2.24, 2.45) is 11.8 Å². The lowest BCUT2D eigenvalue weighted by molar-refractivity contribution is 0.0173. The third-order valence-electron chi connectivity index (χ3n) is 6.70. The lowest BCUT2D eigenvalue weighted by Gasteiger charge is -2.41. The van der Waals surface area contributed by atoms with Gasteiger partial charge < -0.3 is 19.9 Å². The summed E-state index contributed by atoms with van der Waals surface area (Å²) in [5.74, 6) is 1.47. The molecule has 0 spiro atoms. The fraction of sp³-hybridized carbons (Fsp3) is 1.00. The summed E-state index contributed by atoms with van der Waals surface area (Å²) in [4.78, 5) is 4.99. The van der Waals surface area contributed by atoms with Crippen molar-refractivity contribution in [1.82, 2.24) is 15.1 Å². The van der Waals surface area contributed by atoms with Crippen molar-refractivity contribution in [3.05, 3.63) is 0 Å². The van der Waals surface area contributed by atoms with Gasteiger partial charge in [0, 0.05) is 33.3 Å². The molecule has 0 amide bonds. The summed E-state index contributed by atoms with van der Waals surface area (Å²) in [6.45, 7) is 9.51. The minimum atomic E-state index is -0.911. The smallest absolute Gasteiger partial charge is 0.113 e. The number of methoxy groups -OCH3 is 1. The second kappa shape index (κ2) is 9.63. The zero-order valence-electron chi connectivity index (χ0n) is 16.1. The van der Waals surface area contributed by atoms with Gasteiger partial charge in [0.2, 0.25) is 0 Å². The van der Waals surface area contributed by atoms with Crippen molar-refractivity contribution in [2.75, 3.05) is 66.1 Å². The first-order valence-corrected chi connectivity index (χ1v) is 10.5. The predicted octanol–water partition coefficient (Wildman–Crippen LogP) is 2.54. The molecule has 146 valence electrons. The summed E-state index contributed by atoms with van der Waals surface area (Å²) >= 11 is 0. The van der Waals surface area contributed by atoms with Crippen LogP contribution in [0.3, 0.4) is 0 Å². The highest BCUT2D eigenvalue weighted by Gasteiger charge is 2.37. The van der Waals surface area contributed by atoms with Gasteiger partial charge in [-0.2, -0.15) is 0 Å². The quantitative estimate of drug-likeness (QED) is 0.760. The maximum atomic E-state index is 15.2. The van der Waals surface area contributed by atoms with Gasteiger partial charge in [0.25, 0.3) is 0 Å². The Balaban J connectivity index is 1.34. The van der Waals surface area contributed by atoms with E-state index in [4.69, 9.17) is 4.74 Å². The Bertz CT molecular complexity index is 373. The van der Waals surface area contributed by atoms with Crippen LogP contribution in [-0.4, -0.2) is 81.5 Å². The molecule has 0 atom stereocenters. The van der Waals surface area contributed by atoms with Crippen LogP contribution in [0.5, 0.6) is 0 Å². The number of ether oxygens (including phenoxy) is 1. The lowest BCUT2D eigenvalue weighted by Crippen LogP contribution is -2.45. The van der Waals surface area contributed by atoms with Crippen LogP contribution in [0, 0.1) is 11.8 Å². The molecule has 0 bridgehead atoms. The Morgan fingerprint density at radius 3 is 2.28 bits per heavy atom. The maximum absolute atomic E-state index is 15.2. The van der Waals surface area contributed by atoms with Crippen LogP contribution in [0.1, 0.15) is 44.9 Å². The Morgan fingerprint density at radius 2 is 1.64 bits per heavy atom. The Labute approximate surface area is 153 Å². The summed E-state index contributed by atoms with van der Waals surface area (Å²) in [5.41, 5.74) is -0.911. The number of piperidine rings is 3. The van der Waals surface area contributed by atoms with Gasteiger partial charge in [0.05, 0.1) is 6.61 Å². The third-order valence-corrected chi connectivity index (χ3v) is 6.70. The molecule has 0 radical (unpaired) electrons. The molecule has 0 aliphatic carbocycles. The van der Waals surface area contributed by atoms with Gasteiger partial charge in [0.15, 0.2) is 0 Å². The molecule has 3 saturated heterocycles. The molecule has 3 fully saturated rings. The normalized spacial score (nSPS) is 27.6. The zero-order valence-corrected chi connectivity index (χ0v) is 16.1. The predicted molar refractivity (Wildman–Crippen MR) is 101 cm³/mol. The molecule has 3 rings (SSSR count). The fourth-order valence-electron chi connectivity index (χ4n) is 4.92. The van der Waals surface area contributed by atoms with E-state index in [9.17, 15) is 0 Å². The van der Waals surface area contributed by atoms with E-state index in [1.165, 1.54) is 58.4 Å². The van der Waals surface area contributed by atoms with Crippen LogP contribution < -0.4 is 5.32 Å². The molecule has 0 saturated carbocycles. The molecule has 3 aliphatic rings. The monoisotopic (exact) mass is 355 g/mol. The van der Waals surface area contributed by atoms with Crippen LogP contribution >= 0.6 is 0 Å². The zero-order chi connectivity index (χ0) is 17.5. The molecule has 1 N–H and O–H groups in total. The minimum Gasteiger partial charge on any atom is -0.383 e. The number of nitrogens with one attached hydrogen (secondary N) is 1. The van der Waals surface area contributed by atoms with Gasteiger partial charge in [0.1, 0.15) is 5.67 Å². The van der Waals surface area contributed by atoms with Gasteiger partial charge in [-0.05, 0) is 83.0 Å². The van der Waals surface area contributed by atoms with Crippen molar-refractivity contribution in [1.29, 1.82) is 0 Å². The molecular formula is C20H38FN3O. The third kappa shape index (κ3) is 6.16. The SMILES string of the molecule is COCCN1CCC(F)(CC2CCN(CC3CCNCC3)CC2)CC1. The van der Waals surface area contributed by atoms with E-state index >= 15 is 4.39 Å². The highest BCUT2D eigenvalue weighted by atomic mass is 19.1. The first kappa shape index (κ1) is 19.5. The highest BCUT2D eigenvalue weighted by molar-refractivity contribution is 4.90. The molecule has 4 nitrogen and oxygen atoms in total. The average molecular weight is 356 g/mol. The van der Waals surface area contributed by atoms with Crippen molar-refractivity contribution < 1.29 is 9.13 Å². The number of rotatable bonds is 7. The molecule has 0 aromatic carbocycles. The van der Waals surface area contributed by atoms with E-state index in [2.05, 4.69) is 15.1 Å². The van der Waals surface area contributed by atoms with Crippen molar-refractivity contribution >= 4 is 0 Å². The number of hydrogen-bond acceptors (Lipinski definition) is 4. The first-order chi connectivity index (χ1) is 12.2. The summed E-state index contributed by atoms with van der Waals surface area (Å²) < 4.78 is 20.4. The fourth-order valence-corrected chi connectivity index (χ4v) is 4.92. The van der Waals surface area contributed by atoms with Crippen molar-refractivity contribution in [3.63, 3.8) is 0 Å². The van der Waals surface area contributed by atoms with Crippen LogP contribution in [0.15, 0.2) is 0 Å². The maximum Gasteiger partial charge on any atom is 0.113 e. The van der Waals surface area contributed by atoms with E-state index < -0.39 is 5.67 Å². The van der Waals surface area contributed by atoms with Gasteiger partial charge in [-0.1, -0.05) is 0 Å². The van der Waals surface area contributed by atoms with Gasteiger partial charge in [-0.15, -0.1) is 0 Å². The van der Waals surface area contributed by atoms with Crippen molar-refractivity contribution in [2.45, 2.75) is 50.6 Å². The summed E-state index contributed by atoms with van der Waals surface area (Å²) in [7, 11) is 1.74. The minimum absolute atomic E-state index is 0.597. The van der Waals surface area contributed by atoms with Gasteiger partial charge in [-0.3, -0.25) is 0 Å². The number of nitrogens with zero attached hydrogens (tertiary/aromatic N) is 2. The number of alkyl halides is 1. The van der Waals surface area contributed by atoms with Gasteiger partial charge >= 0.3 is 0 Å². The van der Waals surface area contributed by atoms with E-state index in [-0.39, 0.29) is 0 Å². The van der Waals surface area contributed by atoms with E-state index in [0.717, 1.165) is 38.6 Å². The molecule has 25 heavy (non-hydrogen) atoms. The summed E-state index contributed by atoms with van der Waals surface area (Å²) in [5, 5.41) is 3.45. The largest absolute Gasteiger partial charge is 0.383 e. The van der Waals surface area contributed by atoms with E-state index in [1.54, 1.807) is 7.11 Å². The van der Waals surface area contributed by atoms with Crippen LogP contribution in [0.2, 0.25) is 0 Å². The van der Waals surface area contributed by atoms with Gasteiger partial charge in [-0.25, -0.2) is 4.39 Å². The molecule has 5 heteroatoms. The van der Waals surface area contributed by atoms with Crippen LogP contribution in [0.25, 0.3) is 0 Å². The first-order valence-electron chi connectivity index (χ1n) is 10.5. The van der Waals surface area contributed by atoms with Crippen molar-refractivity contribution in [3.8, 4) is 0 Å². The molecule has 3 aliphatic heterocycles. The molecule has 0 aromatic heterocycles. The Hall–Kier alpha value is -0.230. The standard InChI is InChI=1S/C20H38FN3O/c1-25-15-14-23-12-6-20(21,7-13-23)16-18-4-10-24(11-5-18)17-19-2-8-22-9-3-19/h18-19,22H,2-17H2,1H3. The van der Waals surface area contributed by atoms with Crippen LogP contribution in [0.4, 0.5) is 4.39 Å². The summed E-state index contributed by atoms with van der Waals surface area (Å²) in [6.07, 6.45) is 7.28. The molecule has 0 aromatic rings. The topological polar surface area (TPSA) is 27.7 Å². The molecule has 0 unspecified atom stereocenters. The number of likely N-dealkylation sites (tertiary alicyclic amines) is 2. The van der Waals surface area contributed by atoms with E-state index in [0.29, 0.717) is 18.8 Å². The lowest BCUT2D eigenvalue weighted by atomic mass is 9.80. The molecular weight excluding hydrogens is 317 g/mol. The molecule has 3 heterocycles. The Morgan fingerprint density at radius 1 is 0.960 bits per heavy atom. The number of hydrogen-bond donors (Lipinski definition) is 1. The second-order valence-electron chi connectivity index (χ2n) is 8.63. The average Bonchev–Trinajstić information content (AvgIpc) is 2.64. The summed E-state index contributed by atoms with van der Waals surface area (Å²) in [6, 6.07) is 0. The Kier molecular flexibility index (Phi) is 7.52.